The summed E-state index contributed by atoms with van der Waals surface area (Å²) < 4.78 is 19.0. The van der Waals surface area contributed by atoms with Crippen LogP contribution in [-0.2, 0) is 22.6 Å². The highest BCUT2D eigenvalue weighted by Crippen LogP contribution is 2.16. The third kappa shape index (κ3) is 6.34. The lowest BCUT2D eigenvalue weighted by Crippen LogP contribution is -2.30. The van der Waals surface area contributed by atoms with Gasteiger partial charge in [0.15, 0.2) is 0 Å². The second-order valence-electron chi connectivity index (χ2n) is 6.98. The summed E-state index contributed by atoms with van der Waals surface area (Å²) in [6.07, 6.45) is 4.04. The Balaban J connectivity index is 1.31. The third-order valence-corrected chi connectivity index (χ3v) is 4.70. The van der Waals surface area contributed by atoms with Gasteiger partial charge in [-0.1, -0.05) is 49.2 Å². The van der Waals surface area contributed by atoms with Gasteiger partial charge in [-0.15, -0.1) is 10.2 Å². The van der Waals surface area contributed by atoms with Crippen molar-refractivity contribution in [1.82, 2.24) is 15.5 Å². The van der Waals surface area contributed by atoms with Crippen molar-refractivity contribution in [1.29, 1.82) is 0 Å². The Hall–Kier alpha value is -3.35. The number of hydrogen-bond donors (Lipinski definition) is 1. The van der Waals surface area contributed by atoms with Gasteiger partial charge < -0.3 is 9.73 Å². The van der Waals surface area contributed by atoms with E-state index in [0.29, 0.717) is 24.3 Å². The molecule has 6 nitrogen and oxygen atoms in total. The maximum atomic E-state index is 13.5. The molecule has 156 valence electrons. The molecule has 0 saturated carbocycles. The molecule has 3 rings (SSSR count). The summed E-state index contributed by atoms with van der Waals surface area (Å²) in [5.41, 5.74) is 1.50. The van der Waals surface area contributed by atoms with Crippen molar-refractivity contribution in [3.8, 4) is 11.5 Å². The largest absolute Gasteiger partial charge is 0.419 e. The summed E-state index contributed by atoms with van der Waals surface area (Å²) in [7, 11) is 0. The summed E-state index contributed by atoms with van der Waals surface area (Å²) in [5, 5.41) is 10.3. The molecule has 1 heterocycles. The second-order valence-corrected chi connectivity index (χ2v) is 6.98. The zero-order valence-electron chi connectivity index (χ0n) is 16.6. The summed E-state index contributed by atoms with van der Waals surface area (Å²) in [5.74, 6) is -0.695. The number of nitrogens with one attached hydrogen (secondary N) is 1. The third-order valence-electron chi connectivity index (χ3n) is 4.70. The van der Waals surface area contributed by atoms with Crippen molar-refractivity contribution in [2.24, 2.45) is 0 Å². The van der Waals surface area contributed by atoms with Crippen LogP contribution in [0, 0.1) is 5.82 Å². The number of rotatable bonds is 11. The van der Waals surface area contributed by atoms with Gasteiger partial charge in [0.25, 0.3) is 5.91 Å². The molecule has 0 saturated heterocycles. The standard InChI is InChI=1S/C23H24FN3O3/c24-19-14-9-8-11-17(19)10-4-1-2-7-15-20(28)22(29)25-16-21-26-27-23(30-21)18-12-5-3-6-13-18/h3,5-6,8-9,11-14H,1-2,4,7,10,15-16H2,(H,25,29). The van der Waals surface area contributed by atoms with Gasteiger partial charge in [-0.25, -0.2) is 4.39 Å². The molecule has 0 radical (unpaired) electrons. The van der Waals surface area contributed by atoms with Crippen molar-refractivity contribution in [2.45, 2.75) is 45.1 Å². The van der Waals surface area contributed by atoms with E-state index < -0.39 is 11.7 Å². The average molecular weight is 409 g/mol. The molecule has 0 aliphatic carbocycles. The molecular formula is C23H24FN3O3. The quantitative estimate of drug-likeness (QED) is 0.378. The second kappa shape index (κ2) is 11.0. The SMILES string of the molecule is O=C(CCCCCCc1ccccc1F)C(=O)NCc1nnc(-c2ccccc2)o1. The van der Waals surface area contributed by atoms with Crippen LogP contribution >= 0.6 is 0 Å². The smallest absolute Gasteiger partial charge is 0.287 e. The van der Waals surface area contributed by atoms with Gasteiger partial charge in [0.2, 0.25) is 17.6 Å². The Bertz CT molecular complexity index is 973. The van der Waals surface area contributed by atoms with Crippen LogP contribution in [0.2, 0.25) is 0 Å². The van der Waals surface area contributed by atoms with Gasteiger partial charge in [-0.2, -0.15) is 0 Å². The van der Waals surface area contributed by atoms with Crippen LogP contribution in [-0.4, -0.2) is 21.9 Å². The Morgan fingerprint density at radius 1 is 0.900 bits per heavy atom. The van der Waals surface area contributed by atoms with Gasteiger partial charge in [-0.05, 0) is 43.0 Å². The van der Waals surface area contributed by atoms with Crippen molar-refractivity contribution in [3.05, 3.63) is 71.9 Å². The number of aryl methyl sites for hydroxylation is 1. The fraction of sp³-hybridized carbons (Fsp3) is 0.304. The number of carbonyl (C=O) groups is 2. The highest BCUT2D eigenvalue weighted by Gasteiger charge is 2.15. The number of benzene rings is 2. The fourth-order valence-electron chi connectivity index (χ4n) is 3.05. The number of unbranched alkanes of at least 4 members (excludes halogenated alkanes) is 3. The minimum absolute atomic E-state index is 0.00699. The first kappa shape index (κ1) is 21.4. The van der Waals surface area contributed by atoms with Crippen molar-refractivity contribution >= 4 is 11.7 Å². The summed E-state index contributed by atoms with van der Waals surface area (Å²) >= 11 is 0. The number of ketones is 1. The van der Waals surface area contributed by atoms with Crippen LogP contribution in [0.1, 0.15) is 43.6 Å². The lowest BCUT2D eigenvalue weighted by atomic mass is 10.0. The van der Waals surface area contributed by atoms with Crippen LogP contribution in [0.15, 0.2) is 59.0 Å². The molecule has 7 heteroatoms. The average Bonchev–Trinajstić information content (AvgIpc) is 3.25. The maximum Gasteiger partial charge on any atom is 0.287 e. The van der Waals surface area contributed by atoms with Gasteiger partial charge in [0.1, 0.15) is 5.82 Å². The lowest BCUT2D eigenvalue weighted by Gasteiger charge is -2.04. The molecule has 1 N–H and O–H groups in total. The van der Waals surface area contributed by atoms with Crippen LogP contribution in [0.5, 0.6) is 0 Å². The maximum absolute atomic E-state index is 13.5. The fourth-order valence-corrected chi connectivity index (χ4v) is 3.05. The first-order valence-corrected chi connectivity index (χ1v) is 10.1. The normalized spacial score (nSPS) is 10.7. The van der Waals surface area contributed by atoms with Crippen LogP contribution < -0.4 is 5.32 Å². The van der Waals surface area contributed by atoms with Gasteiger partial charge >= 0.3 is 0 Å². The van der Waals surface area contributed by atoms with E-state index in [1.165, 1.54) is 6.07 Å². The molecule has 30 heavy (non-hydrogen) atoms. The summed E-state index contributed by atoms with van der Waals surface area (Å²) in [6.45, 7) is 0.00699. The van der Waals surface area contributed by atoms with Crippen molar-refractivity contribution < 1.29 is 18.4 Å². The van der Waals surface area contributed by atoms with Gasteiger partial charge in [0.05, 0.1) is 6.54 Å². The van der Waals surface area contributed by atoms with E-state index >= 15 is 0 Å². The molecule has 1 aromatic heterocycles. The molecule has 0 spiro atoms. The molecule has 0 aliphatic rings. The summed E-state index contributed by atoms with van der Waals surface area (Å²) in [6, 6.07) is 16.0. The first-order chi connectivity index (χ1) is 14.6. The van der Waals surface area contributed by atoms with E-state index in [4.69, 9.17) is 4.42 Å². The van der Waals surface area contributed by atoms with E-state index in [-0.39, 0.29) is 24.7 Å². The van der Waals surface area contributed by atoms with E-state index in [1.807, 2.05) is 36.4 Å². The molecule has 0 fully saturated rings. The number of nitrogens with zero attached hydrogens (tertiary/aromatic N) is 2. The molecule has 0 unspecified atom stereocenters. The predicted octanol–water partition coefficient (Wildman–Crippen LogP) is 4.25. The number of amides is 1. The zero-order chi connectivity index (χ0) is 21.2. The topological polar surface area (TPSA) is 85.1 Å². The van der Waals surface area contributed by atoms with E-state index in [1.54, 1.807) is 12.1 Å². The van der Waals surface area contributed by atoms with E-state index in [0.717, 1.165) is 24.8 Å². The van der Waals surface area contributed by atoms with Crippen molar-refractivity contribution in [3.63, 3.8) is 0 Å². The molecular weight excluding hydrogens is 385 g/mol. The molecule has 0 bridgehead atoms. The van der Waals surface area contributed by atoms with E-state index in [2.05, 4.69) is 15.5 Å². The minimum Gasteiger partial charge on any atom is -0.419 e. The van der Waals surface area contributed by atoms with Crippen LogP contribution in [0.25, 0.3) is 11.5 Å². The minimum atomic E-state index is -0.652. The highest BCUT2D eigenvalue weighted by molar-refractivity contribution is 6.36. The Kier molecular flexibility index (Phi) is 7.83. The number of carbonyl (C=O) groups excluding carboxylic acids is 2. The molecule has 2 aromatic carbocycles. The number of hydrogen-bond acceptors (Lipinski definition) is 5. The van der Waals surface area contributed by atoms with Crippen LogP contribution in [0.3, 0.4) is 0 Å². The Morgan fingerprint density at radius 2 is 1.63 bits per heavy atom. The molecule has 0 aliphatic heterocycles. The number of aromatic nitrogens is 2. The van der Waals surface area contributed by atoms with Gasteiger partial charge in [0, 0.05) is 12.0 Å². The van der Waals surface area contributed by atoms with Crippen LogP contribution in [0.4, 0.5) is 4.39 Å². The predicted molar refractivity (Wildman–Crippen MR) is 110 cm³/mol. The van der Waals surface area contributed by atoms with Crippen molar-refractivity contribution in [2.75, 3.05) is 0 Å². The molecule has 0 atom stereocenters. The van der Waals surface area contributed by atoms with Gasteiger partial charge in [-0.3, -0.25) is 9.59 Å². The summed E-state index contributed by atoms with van der Waals surface area (Å²) in [4.78, 5) is 23.9. The number of Topliss-reactive ketones (excluding diaryl/α,β-unsaturated/α-hetero) is 1. The highest BCUT2D eigenvalue weighted by atomic mass is 19.1. The monoisotopic (exact) mass is 409 g/mol. The first-order valence-electron chi connectivity index (χ1n) is 10.1. The zero-order valence-corrected chi connectivity index (χ0v) is 16.6. The Labute approximate surface area is 174 Å². The number of halogens is 1. The molecule has 3 aromatic rings. The van der Waals surface area contributed by atoms with E-state index in [9.17, 15) is 14.0 Å². The molecule has 1 amide bonds. The Morgan fingerprint density at radius 3 is 2.43 bits per heavy atom. The lowest BCUT2D eigenvalue weighted by molar-refractivity contribution is -0.138.